The van der Waals surface area contributed by atoms with E-state index < -0.39 is 23.6 Å². The number of hydrogen-bond donors (Lipinski definition) is 4. The van der Waals surface area contributed by atoms with Gasteiger partial charge in [0, 0.05) is 27.4 Å². The second kappa shape index (κ2) is 14.1. The zero-order chi connectivity index (χ0) is 30.1. The molecule has 0 aliphatic carbocycles. The number of benzene rings is 4. The average Bonchev–Trinajstić information content (AvgIpc) is 2.98. The first kappa shape index (κ1) is 30.0. The standard InChI is InChI=1S/C31H23ClFN3O5S/c32-25-10-5-11-26(33)24(25)17-27(36-29(38)19-6-2-1-3-7-19)30(39)35-22-8-4-9-23(16-22)42-18-28(37)34-21-14-12-20(13-15-21)31(40)41/h1-17H,18H2,(H,34,37)(H,35,39)(H,36,38)(H,40,41)/b27-17+. The van der Waals surface area contributed by atoms with Crippen molar-refractivity contribution in [1.29, 1.82) is 0 Å². The van der Waals surface area contributed by atoms with Crippen molar-refractivity contribution in [3.8, 4) is 0 Å². The second-order valence-corrected chi connectivity index (χ2v) is 10.2. The summed E-state index contributed by atoms with van der Waals surface area (Å²) in [5.74, 6) is -3.29. The quantitative estimate of drug-likeness (QED) is 0.124. The third-order valence-corrected chi connectivity index (χ3v) is 7.02. The summed E-state index contributed by atoms with van der Waals surface area (Å²) in [4.78, 5) is 50.2. The van der Waals surface area contributed by atoms with E-state index in [2.05, 4.69) is 16.0 Å². The number of hydrogen-bond acceptors (Lipinski definition) is 5. The highest BCUT2D eigenvalue weighted by molar-refractivity contribution is 8.00. The summed E-state index contributed by atoms with van der Waals surface area (Å²) in [6, 6.07) is 24.8. The summed E-state index contributed by atoms with van der Waals surface area (Å²) in [6.07, 6.45) is 1.17. The Morgan fingerprint density at radius 3 is 2.21 bits per heavy atom. The van der Waals surface area contributed by atoms with Crippen LogP contribution < -0.4 is 16.0 Å². The van der Waals surface area contributed by atoms with Gasteiger partial charge in [0.1, 0.15) is 11.5 Å². The van der Waals surface area contributed by atoms with Crippen molar-refractivity contribution in [1.82, 2.24) is 5.32 Å². The number of nitrogens with one attached hydrogen (secondary N) is 3. The van der Waals surface area contributed by atoms with Crippen molar-refractivity contribution >= 4 is 64.5 Å². The van der Waals surface area contributed by atoms with Crippen LogP contribution in [-0.4, -0.2) is 34.6 Å². The predicted octanol–water partition coefficient (Wildman–Crippen LogP) is 6.32. The van der Waals surface area contributed by atoms with Crippen molar-refractivity contribution in [2.45, 2.75) is 4.90 Å². The maximum atomic E-state index is 14.5. The lowest BCUT2D eigenvalue weighted by molar-refractivity contribution is -0.114. The molecule has 42 heavy (non-hydrogen) atoms. The van der Waals surface area contributed by atoms with E-state index in [0.717, 1.165) is 0 Å². The first-order valence-corrected chi connectivity index (χ1v) is 13.8. The summed E-state index contributed by atoms with van der Waals surface area (Å²) in [5, 5.41) is 17.0. The van der Waals surface area contributed by atoms with Crippen LogP contribution in [0.25, 0.3) is 6.08 Å². The highest BCUT2D eigenvalue weighted by Crippen LogP contribution is 2.24. The molecule has 0 heterocycles. The van der Waals surface area contributed by atoms with E-state index in [9.17, 15) is 23.6 Å². The van der Waals surface area contributed by atoms with Crippen LogP contribution in [0.3, 0.4) is 0 Å². The van der Waals surface area contributed by atoms with Crippen LogP contribution in [0.4, 0.5) is 15.8 Å². The number of thioether (sulfide) groups is 1. The Balaban J connectivity index is 1.46. The van der Waals surface area contributed by atoms with E-state index in [0.29, 0.717) is 21.8 Å². The Bertz CT molecular complexity index is 1640. The number of carbonyl (C=O) groups excluding carboxylic acids is 3. The summed E-state index contributed by atoms with van der Waals surface area (Å²) in [7, 11) is 0. The lowest BCUT2D eigenvalue weighted by Crippen LogP contribution is -2.30. The van der Waals surface area contributed by atoms with Gasteiger partial charge in [-0.15, -0.1) is 11.8 Å². The molecule has 0 radical (unpaired) electrons. The highest BCUT2D eigenvalue weighted by Gasteiger charge is 2.17. The molecule has 0 bridgehead atoms. The summed E-state index contributed by atoms with van der Waals surface area (Å²) >= 11 is 7.37. The monoisotopic (exact) mass is 603 g/mol. The van der Waals surface area contributed by atoms with E-state index in [4.69, 9.17) is 16.7 Å². The van der Waals surface area contributed by atoms with E-state index in [1.165, 1.54) is 60.3 Å². The number of rotatable bonds is 10. The Kier molecular flexibility index (Phi) is 10.1. The van der Waals surface area contributed by atoms with Crippen LogP contribution in [0.1, 0.15) is 26.3 Å². The normalized spacial score (nSPS) is 11.0. The Morgan fingerprint density at radius 2 is 1.52 bits per heavy atom. The van der Waals surface area contributed by atoms with Gasteiger partial charge in [-0.25, -0.2) is 9.18 Å². The molecule has 0 aliphatic heterocycles. The van der Waals surface area contributed by atoms with Gasteiger partial charge in [-0.05, 0) is 72.8 Å². The summed E-state index contributed by atoms with van der Waals surface area (Å²) in [5.41, 5.74) is 0.932. The molecule has 11 heteroatoms. The van der Waals surface area contributed by atoms with Crippen molar-refractivity contribution in [3.05, 3.63) is 130 Å². The minimum atomic E-state index is -1.06. The molecule has 3 amide bonds. The van der Waals surface area contributed by atoms with Crippen LogP contribution in [0.15, 0.2) is 108 Å². The fraction of sp³-hybridized carbons (Fsp3) is 0.0323. The molecule has 4 rings (SSSR count). The molecular formula is C31H23ClFN3O5S. The number of carbonyl (C=O) groups is 4. The van der Waals surface area contributed by atoms with Crippen LogP contribution in [0.2, 0.25) is 5.02 Å². The van der Waals surface area contributed by atoms with Crippen LogP contribution in [0, 0.1) is 5.82 Å². The number of anilines is 2. The third-order valence-electron chi connectivity index (χ3n) is 5.69. The fourth-order valence-corrected chi connectivity index (χ4v) is 4.61. The molecule has 0 aliphatic rings. The molecular weight excluding hydrogens is 581 g/mol. The molecule has 0 saturated heterocycles. The first-order chi connectivity index (χ1) is 20.2. The number of halogens is 2. The van der Waals surface area contributed by atoms with E-state index in [1.54, 1.807) is 54.6 Å². The van der Waals surface area contributed by atoms with Gasteiger partial charge >= 0.3 is 5.97 Å². The van der Waals surface area contributed by atoms with Gasteiger partial charge in [0.25, 0.3) is 11.8 Å². The molecule has 8 nitrogen and oxygen atoms in total. The molecule has 0 saturated carbocycles. The minimum absolute atomic E-state index is 0.0438. The van der Waals surface area contributed by atoms with Gasteiger partial charge in [0.05, 0.1) is 16.3 Å². The molecule has 4 N–H and O–H groups in total. The Morgan fingerprint density at radius 1 is 0.810 bits per heavy atom. The van der Waals surface area contributed by atoms with Gasteiger partial charge < -0.3 is 21.1 Å². The van der Waals surface area contributed by atoms with Gasteiger partial charge in [-0.1, -0.05) is 41.9 Å². The van der Waals surface area contributed by atoms with E-state index >= 15 is 0 Å². The van der Waals surface area contributed by atoms with Crippen LogP contribution >= 0.6 is 23.4 Å². The van der Waals surface area contributed by atoms with Crippen molar-refractivity contribution in [2.75, 3.05) is 16.4 Å². The number of carboxylic acid groups (broad SMARTS) is 1. The topological polar surface area (TPSA) is 125 Å². The maximum absolute atomic E-state index is 14.5. The van der Waals surface area contributed by atoms with Gasteiger partial charge in [-0.2, -0.15) is 0 Å². The van der Waals surface area contributed by atoms with Crippen LogP contribution in [-0.2, 0) is 9.59 Å². The molecule has 0 atom stereocenters. The van der Waals surface area contributed by atoms with E-state index in [1.807, 2.05) is 0 Å². The number of aromatic carboxylic acids is 1. The number of amides is 3. The Hall–Kier alpha value is -4.93. The van der Waals surface area contributed by atoms with Gasteiger partial charge in [0.2, 0.25) is 5.91 Å². The smallest absolute Gasteiger partial charge is 0.335 e. The number of carboxylic acids is 1. The fourth-order valence-electron chi connectivity index (χ4n) is 3.64. The average molecular weight is 604 g/mol. The lowest BCUT2D eigenvalue weighted by Gasteiger charge is -2.13. The highest BCUT2D eigenvalue weighted by atomic mass is 35.5. The van der Waals surface area contributed by atoms with E-state index in [-0.39, 0.29) is 33.5 Å². The zero-order valence-corrected chi connectivity index (χ0v) is 23.3. The third kappa shape index (κ3) is 8.29. The largest absolute Gasteiger partial charge is 0.478 e. The second-order valence-electron chi connectivity index (χ2n) is 8.71. The van der Waals surface area contributed by atoms with Crippen molar-refractivity contribution in [3.63, 3.8) is 0 Å². The Labute approximate surface area is 249 Å². The van der Waals surface area contributed by atoms with Crippen LogP contribution in [0.5, 0.6) is 0 Å². The summed E-state index contributed by atoms with van der Waals surface area (Å²) < 4.78 is 14.5. The SMILES string of the molecule is O=C(CSc1cccc(NC(=O)/C(=C\c2c(F)cccc2Cl)NC(=O)c2ccccc2)c1)Nc1ccc(C(=O)O)cc1. The van der Waals surface area contributed by atoms with Crippen molar-refractivity contribution < 1.29 is 28.7 Å². The molecule has 0 unspecified atom stereocenters. The molecule has 0 aromatic heterocycles. The maximum Gasteiger partial charge on any atom is 0.335 e. The lowest BCUT2D eigenvalue weighted by atomic mass is 10.1. The van der Waals surface area contributed by atoms with Gasteiger partial charge in [-0.3, -0.25) is 14.4 Å². The first-order valence-electron chi connectivity index (χ1n) is 12.4. The molecule has 212 valence electrons. The predicted molar refractivity (Wildman–Crippen MR) is 161 cm³/mol. The molecule has 4 aromatic carbocycles. The zero-order valence-electron chi connectivity index (χ0n) is 21.8. The summed E-state index contributed by atoms with van der Waals surface area (Å²) in [6.45, 7) is 0. The molecule has 0 fully saturated rings. The molecule has 4 aromatic rings. The minimum Gasteiger partial charge on any atom is -0.478 e. The van der Waals surface area contributed by atoms with Crippen molar-refractivity contribution in [2.24, 2.45) is 0 Å². The van der Waals surface area contributed by atoms with Gasteiger partial charge in [0.15, 0.2) is 0 Å². The molecule has 0 spiro atoms.